The van der Waals surface area contributed by atoms with Gasteiger partial charge in [0.2, 0.25) is 5.41 Å². The SMILES string of the molecule is CCOC(=O)C(C/C=C\c1ccccc1)(C(=O)OCC)c1ccccn1. The summed E-state index contributed by atoms with van der Waals surface area (Å²) in [7, 11) is 0. The van der Waals surface area contributed by atoms with Crippen LogP contribution >= 0.6 is 0 Å². The molecule has 0 spiro atoms. The topological polar surface area (TPSA) is 65.5 Å². The molecule has 0 saturated carbocycles. The molecule has 0 fully saturated rings. The first-order valence-electron chi connectivity index (χ1n) is 8.62. The van der Waals surface area contributed by atoms with Crippen molar-refractivity contribution >= 4 is 18.0 Å². The van der Waals surface area contributed by atoms with Crippen molar-refractivity contribution < 1.29 is 19.1 Å². The van der Waals surface area contributed by atoms with Gasteiger partial charge in [0.05, 0.1) is 18.9 Å². The zero-order chi connectivity index (χ0) is 18.8. The van der Waals surface area contributed by atoms with Crippen molar-refractivity contribution in [2.24, 2.45) is 0 Å². The van der Waals surface area contributed by atoms with Gasteiger partial charge in [-0.1, -0.05) is 48.6 Å². The molecular formula is C21H23NO4. The fourth-order valence-electron chi connectivity index (χ4n) is 2.62. The highest BCUT2D eigenvalue weighted by Gasteiger charge is 2.51. The molecule has 0 amide bonds. The molecule has 5 heteroatoms. The van der Waals surface area contributed by atoms with E-state index in [0.717, 1.165) is 5.56 Å². The van der Waals surface area contributed by atoms with Crippen LogP contribution < -0.4 is 0 Å². The molecule has 0 atom stereocenters. The summed E-state index contributed by atoms with van der Waals surface area (Å²) in [4.78, 5) is 29.9. The number of benzene rings is 1. The van der Waals surface area contributed by atoms with Crippen molar-refractivity contribution in [1.29, 1.82) is 0 Å². The molecule has 1 heterocycles. The van der Waals surface area contributed by atoms with E-state index in [4.69, 9.17) is 9.47 Å². The molecule has 0 aliphatic carbocycles. The molecule has 0 bridgehead atoms. The van der Waals surface area contributed by atoms with Crippen LogP contribution in [0.5, 0.6) is 0 Å². The molecule has 136 valence electrons. The number of esters is 2. The van der Waals surface area contributed by atoms with Crippen LogP contribution in [0.4, 0.5) is 0 Å². The third-order valence-corrected chi connectivity index (χ3v) is 3.88. The number of ether oxygens (including phenoxy) is 2. The number of carbonyl (C=O) groups excluding carboxylic acids is 2. The maximum Gasteiger partial charge on any atom is 0.330 e. The highest BCUT2D eigenvalue weighted by molar-refractivity contribution is 6.06. The van der Waals surface area contributed by atoms with E-state index >= 15 is 0 Å². The standard InChI is InChI=1S/C21H23NO4/c1-3-25-19(23)21(20(24)26-4-2,18-14-8-9-16-22-18)15-10-13-17-11-6-5-7-12-17/h5-14,16H,3-4,15H2,1-2H3/b13-10-. The molecule has 0 aliphatic rings. The quantitative estimate of drug-likeness (QED) is 0.536. The van der Waals surface area contributed by atoms with E-state index in [0.29, 0.717) is 5.69 Å². The van der Waals surface area contributed by atoms with Crippen LogP contribution in [0.25, 0.3) is 6.08 Å². The zero-order valence-electron chi connectivity index (χ0n) is 15.1. The van der Waals surface area contributed by atoms with Crippen LogP contribution in [0.2, 0.25) is 0 Å². The average molecular weight is 353 g/mol. The Morgan fingerprint density at radius 2 is 1.58 bits per heavy atom. The van der Waals surface area contributed by atoms with Gasteiger partial charge in [0.15, 0.2) is 0 Å². The Morgan fingerprint density at radius 1 is 0.962 bits per heavy atom. The Labute approximate surface area is 153 Å². The first kappa shape index (κ1) is 19.4. The van der Waals surface area contributed by atoms with E-state index < -0.39 is 17.4 Å². The second-order valence-electron chi connectivity index (χ2n) is 5.58. The predicted molar refractivity (Wildman–Crippen MR) is 99.3 cm³/mol. The van der Waals surface area contributed by atoms with Crippen molar-refractivity contribution in [3.05, 3.63) is 72.1 Å². The second-order valence-corrected chi connectivity index (χ2v) is 5.58. The predicted octanol–water partition coefficient (Wildman–Crippen LogP) is 3.55. The highest BCUT2D eigenvalue weighted by Crippen LogP contribution is 2.31. The smallest absolute Gasteiger partial charge is 0.330 e. The lowest BCUT2D eigenvalue weighted by Gasteiger charge is -2.27. The molecular weight excluding hydrogens is 330 g/mol. The number of carbonyl (C=O) groups is 2. The van der Waals surface area contributed by atoms with Gasteiger partial charge in [-0.25, -0.2) is 0 Å². The Bertz CT molecular complexity index is 723. The fraction of sp³-hybridized carbons (Fsp3) is 0.286. The van der Waals surface area contributed by atoms with Crippen LogP contribution in [-0.4, -0.2) is 30.1 Å². The lowest BCUT2D eigenvalue weighted by atomic mass is 9.80. The van der Waals surface area contributed by atoms with E-state index in [1.165, 1.54) is 0 Å². The average Bonchev–Trinajstić information content (AvgIpc) is 2.67. The van der Waals surface area contributed by atoms with E-state index in [-0.39, 0.29) is 19.6 Å². The summed E-state index contributed by atoms with van der Waals surface area (Å²) in [5.74, 6) is -1.32. The molecule has 1 aromatic heterocycles. The minimum atomic E-state index is -1.63. The van der Waals surface area contributed by atoms with Gasteiger partial charge in [0.1, 0.15) is 0 Å². The van der Waals surface area contributed by atoms with Crippen LogP contribution in [-0.2, 0) is 24.5 Å². The lowest BCUT2D eigenvalue weighted by Crippen LogP contribution is -2.46. The first-order valence-corrected chi connectivity index (χ1v) is 8.62. The molecule has 0 N–H and O–H groups in total. The molecule has 2 rings (SSSR count). The van der Waals surface area contributed by atoms with Gasteiger partial charge in [0, 0.05) is 6.20 Å². The van der Waals surface area contributed by atoms with E-state index in [1.54, 1.807) is 44.3 Å². The van der Waals surface area contributed by atoms with Gasteiger partial charge < -0.3 is 9.47 Å². The summed E-state index contributed by atoms with van der Waals surface area (Å²) >= 11 is 0. The molecule has 0 unspecified atom stereocenters. The van der Waals surface area contributed by atoms with Crippen molar-refractivity contribution in [1.82, 2.24) is 4.98 Å². The lowest BCUT2D eigenvalue weighted by molar-refractivity contribution is -0.165. The van der Waals surface area contributed by atoms with Gasteiger partial charge in [-0.15, -0.1) is 0 Å². The molecule has 5 nitrogen and oxygen atoms in total. The Hall–Kier alpha value is -2.95. The number of nitrogens with zero attached hydrogens (tertiary/aromatic N) is 1. The van der Waals surface area contributed by atoms with Crippen LogP contribution in [0.3, 0.4) is 0 Å². The summed E-state index contributed by atoms with van der Waals surface area (Å²) in [5.41, 5.74) is -0.344. The molecule has 26 heavy (non-hydrogen) atoms. The maximum atomic E-state index is 12.8. The number of aromatic nitrogens is 1. The molecule has 1 aromatic carbocycles. The van der Waals surface area contributed by atoms with Gasteiger partial charge in [-0.3, -0.25) is 14.6 Å². The third-order valence-electron chi connectivity index (χ3n) is 3.88. The number of rotatable bonds is 8. The van der Waals surface area contributed by atoms with Crippen LogP contribution in [0.15, 0.2) is 60.8 Å². The largest absolute Gasteiger partial charge is 0.465 e. The number of hydrogen-bond donors (Lipinski definition) is 0. The van der Waals surface area contributed by atoms with Crippen molar-refractivity contribution in [2.75, 3.05) is 13.2 Å². The fourth-order valence-corrected chi connectivity index (χ4v) is 2.62. The molecule has 0 radical (unpaired) electrons. The summed E-state index contributed by atoms with van der Waals surface area (Å²) in [6.07, 6.45) is 5.27. The maximum absolute atomic E-state index is 12.8. The van der Waals surface area contributed by atoms with Gasteiger partial charge in [0.25, 0.3) is 0 Å². The Balaban J connectivity index is 2.45. The third kappa shape index (κ3) is 4.36. The minimum Gasteiger partial charge on any atom is -0.465 e. The van der Waals surface area contributed by atoms with Crippen molar-refractivity contribution in [3.8, 4) is 0 Å². The number of allylic oxidation sites excluding steroid dienone is 1. The Kier molecular flexibility index (Phi) is 7.09. The van der Waals surface area contributed by atoms with Gasteiger partial charge in [-0.05, 0) is 38.0 Å². The molecule has 0 aliphatic heterocycles. The van der Waals surface area contributed by atoms with Gasteiger partial charge >= 0.3 is 11.9 Å². The zero-order valence-corrected chi connectivity index (χ0v) is 15.1. The first-order chi connectivity index (χ1) is 12.6. The minimum absolute atomic E-state index is 0.0938. The monoisotopic (exact) mass is 353 g/mol. The van der Waals surface area contributed by atoms with Crippen LogP contribution in [0, 0.1) is 0 Å². The summed E-state index contributed by atoms with van der Waals surface area (Å²) in [6.45, 7) is 3.72. The van der Waals surface area contributed by atoms with Crippen molar-refractivity contribution in [3.63, 3.8) is 0 Å². The van der Waals surface area contributed by atoms with Crippen molar-refractivity contribution in [2.45, 2.75) is 25.7 Å². The molecule has 0 saturated heterocycles. The summed E-state index contributed by atoms with van der Waals surface area (Å²) in [5, 5.41) is 0. The van der Waals surface area contributed by atoms with E-state index in [9.17, 15) is 9.59 Å². The highest BCUT2D eigenvalue weighted by atomic mass is 16.6. The Morgan fingerprint density at radius 3 is 2.12 bits per heavy atom. The molecule has 2 aromatic rings. The van der Waals surface area contributed by atoms with E-state index in [1.807, 2.05) is 36.4 Å². The number of hydrogen-bond acceptors (Lipinski definition) is 5. The number of pyridine rings is 1. The second kappa shape index (κ2) is 9.51. The van der Waals surface area contributed by atoms with E-state index in [2.05, 4.69) is 4.98 Å². The van der Waals surface area contributed by atoms with Crippen LogP contribution in [0.1, 0.15) is 31.5 Å². The normalized spacial score (nSPS) is 11.3. The summed E-state index contributed by atoms with van der Waals surface area (Å²) < 4.78 is 10.4. The van der Waals surface area contributed by atoms with Gasteiger partial charge in [-0.2, -0.15) is 0 Å². The summed E-state index contributed by atoms with van der Waals surface area (Å²) in [6, 6.07) is 14.7.